The Morgan fingerprint density at radius 2 is 1.26 bits per heavy atom. The highest BCUT2D eigenvalue weighted by Crippen LogP contribution is 2.13. The number of rotatable bonds is 4. The van der Waals surface area contributed by atoms with Crippen LogP contribution in [0.25, 0.3) is 0 Å². The molecule has 0 radical (unpaired) electrons. The van der Waals surface area contributed by atoms with Gasteiger partial charge in [-0.25, -0.2) is 4.79 Å². The van der Waals surface area contributed by atoms with Crippen LogP contribution in [0.15, 0.2) is 10.2 Å². The molecule has 0 N–H and O–H groups in total. The zero-order valence-corrected chi connectivity index (χ0v) is 15.6. The maximum Gasteiger partial charge on any atom is 0.344 e. The zero-order chi connectivity index (χ0) is 18.9. The summed E-state index contributed by atoms with van der Waals surface area (Å²) in [6.45, 7) is 15.5. The molecule has 7 nitrogen and oxygen atoms in total. The van der Waals surface area contributed by atoms with Crippen molar-refractivity contribution in [1.82, 2.24) is 0 Å². The third kappa shape index (κ3) is 14.7. The molecule has 0 aromatic heterocycles. The minimum atomic E-state index is -0.839. The number of carbonyl (C=O) groups is 1. The lowest BCUT2D eigenvalue weighted by Crippen LogP contribution is -2.23. The van der Waals surface area contributed by atoms with Crippen LogP contribution < -0.4 is 0 Å². The predicted molar refractivity (Wildman–Crippen MR) is 86.0 cm³/mol. The molecular formula is C16H28N4O3. The molecule has 0 aromatic rings. The molecule has 0 saturated carbocycles. The standard InChI is InChI=1S/C8H12N4.C8H16O3/c1-7(2,5-9)11-12-8(3,4)6-10;1-6(2)7(9)10-11-8(3,4)5/h1-4H3;6H,1-5H3. The molecule has 0 fully saturated rings. The lowest BCUT2D eigenvalue weighted by atomic mass is 10.1. The lowest BCUT2D eigenvalue weighted by Gasteiger charge is -2.17. The molecule has 0 spiro atoms. The van der Waals surface area contributed by atoms with Gasteiger partial charge in [0.25, 0.3) is 0 Å². The van der Waals surface area contributed by atoms with Crippen LogP contribution in [0.4, 0.5) is 0 Å². The van der Waals surface area contributed by atoms with E-state index >= 15 is 0 Å². The van der Waals surface area contributed by atoms with E-state index in [9.17, 15) is 4.79 Å². The van der Waals surface area contributed by atoms with Gasteiger partial charge in [0.1, 0.15) is 5.60 Å². The summed E-state index contributed by atoms with van der Waals surface area (Å²) in [4.78, 5) is 20.2. The van der Waals surface area contributed by atoms with Crippen LogP contribution in [0.2, 0.25) is 0 Å². The van der Waals surface area contributed by atoms with Crippen molar-refractivity contribution in [2.75, 3.05) is 0 Å². The highest BCUT2D eigenvalue weighted by atomic mass is 17.2. The van der Waals surface area contributed by atoms with Gasteiger partial charge in [-0.05, 0) is 48.5 Å². The normalized spacial score (nSPS) is 12.2. The average Bonchev–Trinajstić information content (AvgIpc) is 2.42. The van der Waals surface area contributed by atoms with Gasteiger partial charge in [0.05, 0.1) is 18.1 Å². The molecule has 0 aliphatic heterocycles. The number of nitriles is 2. The largest absolute Gasteiger partial charge is 0.344 e. The first-order valence-electron chi connectivity index (χ1n) is 7.32. The molecule has 0 atom stereocenters. The van der Waals surface area contributed by atoms with Gasteiger partial charge in [-0.1, -0.05) is 13.8 Å². The Labute approximate surface area is 139 Å². The first kappa shape index (κ1) is 23.3. The summed E-state index contributed by atoms with van der Waals surface area (Å²) in [7, 11) is 0. The molecular weight excluding hydrogens is 296 g/mol. The van der Waals surface area contributed by atoms with Gasteiger partial charge in [0.2, 0.25) is 0 Å². The Morgan fingerprint density at radius 3 is 1.48 bits per heavy atom. The Morgan fingerprint density at radius 1 is 0.913 bits per heavy atom. The maximum atomic E-state index is 10.8. The topological polar surface area (TPSA) is 108 Å². The minimum absolute atomic E-state index is 0.141. The van der Waals surface area contributed by atoms with Crippen molar-refractivity contribution in [2.45, 2.75) is 79.0 Å². The van der Waals surface area contributed by atoms with Crippen LogP contribution in [0, 0.1) is 28.6 Å². The van der Waals surface area contributed by atoms with Crippen molar-refractivity contribution in [2.24, 2.45) is 16.1 Å². The third-order valence-corrected chi connectivity index (χ3v) is 1.94. The van der Waals surface area contributed by atoms with Crippen LogP contribution in [0.3, 0.4) is 0 Å². The van der Waals surface area contributed by atoms with Gasteiger partial charge in [0, 0.05) is 0 Å². The van der Waals surface area contributed by atoms with E-state index in [0.29, 0.717) is 0 Å². The summed E-state index contributed by atoms with van der Waals surface area (Å²) >= 11 is 0. The molecule has 23 heavy (non-hydrogen) atoms. The third-order valence-electron chi connectivity index (χ3n) is 1.94. The monoisotopic (exact) mass is 324 g/mol. The molecule has 0 aliphatic rings. The summed E-state index contributed by atoms with van der Waals surface area (Å²) in [5.41, 5.74) is -2.10. The van der Waals surface area contributed by atoms with Gasteiger partial charge >= 0.3 is 5.97 Å². The number of hydrogen-bond acceptors (Lipinski definition) is 7. The summed E-state index contributed by atoms with van der Waals surface area (Å²) < 4.78 is 0. The Balaban J connectivity index is 0. The van der Waals surface area contributed by atoms with Gasteiger partial charge in [-0.2, -0.15) is 25.6 Å². The van der Waals surface area contributed by atoms with Gasteiger partial charge in [-0.3, -0.25) is 4.89 Å². The van der Waals surface area contributed by atoms with Crippen molar-refractivity contribution in [3.63, 3.8) is 0 Å². The quantitative estimate of drug-likeness (QED) is 0.442. The fraction of sp³-hybridized carbons (Fsp3) is 0.812. The van der Waals surface area contributed by atoms with E-state index in [1.807, 2.05) is 32.9 Å². The molecule has 7 heteroatoms. The number of hydrogen-bond donors (Lipinski definition) is 0. The summed E-state index contributed by atoms with van der Waals surface area (Å²) in [5, 5.41) is 24.7. The lowest BCUT2D eigenvalue weighted by molar-refractivity contribution is -0.322. The van der Waals surface area contributed by atoms with E-state index in [1.165, 1.54) is 0 Å². The highest BCUT2D eigenvalue weighted by molar-refractivity contribution is 5.70. The van der Waals surface area contributed by atoms with Crippen molar-refractivity contribution >= 4 is 5.97 Å². The smallest absolute Gasteiger partial charge is 0.298 e. The average molecular weight is 324 g/mol. The first-order chi connectivity index (χ1) is 10.2. The number of azo groups is 1. The van der Waals surface area contributed by atoms with Crippen molar-refractivity contribution in [1.29, 1.82) is 10.5 Å². The van der Waals surface area contributed by atoms with Crippen LogP contribution in [-0.4, -0.2) is 22.6 Å². The zero-order valence-electron chi connectivity index (χ0n) is 15.6. The number of carbonyl (C=O) groups excluding carboxylic acids is 1. The first-order valence-corrected chi connectivity index (χ1v) is 7.32. The van der Waals surface area contributed by atoms with Gasteiger partial charge in [0.15, 0.2) is 11.1 Å². The summed E-state index contributed by atoms with van der Waals surface area (Å²) in [6, 6.07) is 3.94. The Kier molecular flexibility index (Phi) is 9.33. The highest BCUT2D eigenvalue weighted by Gasteiger charge is 2.19. The molecule has 0 aromatic carbocycles. The molecule has 0 bridgehead atoms. The molecule has 0 amide bonds. The fourth-order valence-corrected chi connectivity index (χ4v) is 0.557. The molecule has 0 rings (SSSR count). The van der Waals surface area contributed by atoms with Crippen LogP contribution >= 0.6 is 0 Å². The molecule has 0 saturated heterocycles. The van der Waals surface area contributed by atoms with Crippen LogP contribution in [0.5, 0.6) is 0 Å². The van der Waals surface area contributed by atoms with E-state index in [2.05, 4.69) is 15.1 Å². The van der Waals surface area contributed by atoms with Crippen molar-refractivity contribution in [3.05, 3.63) is 0 Å². The Bertz CT molecular complexity index is 461. The van der Waals surface area contributed by atoms with Gasteiger partial charge in [-0.15, -0.1) is 0 Å². The van der Waals surface area contributed by atoms with Gasteiger partial charge < -0.3 is 0 Å². The van der Waals surface area contributed by atoms with E-state index in [1.54, 1.807) is 41.5 Å². The van der Waals surface area contributed by atoms with E-state index in [4.69, 9.17) is 15.4 Å². The SMILES string of the molecule is CC(C)(C#N)N=NC(C)(C)C#N.CC(C)C(=O)OOC(C)(C)C. The molecule has 0 unspecified atom stereocenters. The van der Waals surface area contributed by atoms with E-state index in [0.717, 1.165) is 0 Å². The molecule has 0 aliphatic carbocycles. The summed E-state index contributed by atoms with van der Waals surface area (Å²) in [6.07, 6.45) is 0. The number of nitrogens with zero attached hydrogens (tertiary/aromatic N) is 4. The second-order valence-electron chi connectivity index (χ2n) is 7.29. The van der Waals surface area contributed by atoms with Crippen LogP contribution in [0.1, 0.15) is 62.3 Å². The van der Waals surface area contributed by atoms with Crippen molar-refractivity contribution in [3.8, 4) is 12.1 Å². The van der Waals surface area contributed by atoms with E-state index in [-0.39, 0.29) is 11.9 Å². The van der Waals surface area contributed by atoms with Crippen molar-refractivity contribution < 1.29 is 14.6 Å². The maximum absolute atomic E-state index is 10.8. The minimum Gasteiger partial charge on any atom is -0.298 e. The molecule has 0 heterocycles. The second-order valence-corrected chi connectivity index (χ2v) is 7.29. The Hall–Kier alpha value is -1.99. The fourth-order valence-electron chi connectivity index (χ4n) is 0.557. The second kappa shape index (κ2) is 9.22. The molecule has 130 valence electrons. The van der Waals surface area contributed by atoms with Crippen LogP contribution in [-0.2, 0) is 14.6 Å². The van der Waals surface area contributed by atoms with E-state index < -0.39 is 16.7 Å². The summed E-state index contributed by atoms with van der Waals surface area (Å²) in [5.74, 6) is -0.475. The predicted octanol–water partition coefficient (Wildman–Crippen LogP) is 3.96.